The zero-order valence-corrected chi connectivity index (χ0v) is 8.79. The minimum absolute atomic E-state index is 0.113. The number of carbonyl (C=O) groups is 1. The molecule has 2 atom stereocenters. The number of hydrogen-bond acceptors (Lipinski definition) is 2. The molecule has 2 unspecified atom stereocenters. The Morgan fingerprint density at radius 3 is 2.62 bits per heavy atom. The quantitative estimate of drug-likeness (QED) is 0.656. The molecule has 1 fully saturated rings. The van der Waals surface area contributed by atoms with Gasteiger partial charge in [-0.05, 0) is 12.3 Å². The number of piperidine rings is 1. The van der Waals surface area contributed by atoms with Crippen LogP contribution >= 0.6 is 0 Å². The molecule has 1 aliphatic heterocycles. The molecule has 0 aromatic carbocycles. The fraction of sp³-hybridized carbons (Fsp3) is 0.900. The lowest BCUT2D eigenvalue weighted by molar-refractivity contribution is -0.136. The van der Waals surface area contributed by atoms with Gasteiger partial charge in [0, 0.05) is 25.0 Å². The van der Waals surface area contributed by atoms with Gasteiger partial charge < -0.3 is 10.6 Å². The number of rotatable bonds is 1. The average Bonchev–Trinajstić information content (AvgIpc) is 2.08. The molecule has 1 aliphatic rings. The van der Waals surface area contributed by atoms with Crippen LogP contribution in [0.1, 0.15) is 27.2 Å². The van der Waals surface area contributed by atoms with Crippen molar-refractivity contribution in [2.75, 3.05) is 13.1 Å². The highest BCUT2D eigenvalue weighted by atomic mass is 16.2. The maximum Gasteiger partial charge on any atom is 0.225 e. The van der Waals surface area contributed by atoms with Crippen molar-refractivity contribution >= 4 is 5.91 Å². The van der Waals surface area contributed by atoms with Gasteiger partial charge in [-0.2, -0.15) is 0 Å². The van der Waals surface area contributed by atoms with Crippen LogP contribution in [0.4, 0.5) is 0 Å². The Morgan fingerprint density at radius 1 is 1.54 bits per heavy atom. The molecule has 13 heavy (non-hydrogen) atoms. The van der Waals surface area contributed by atoms with E-state index in [1.807, 2.05) is 18.7 Å². The summed E-state index contributed by atoms with van der Waals surface area (Å²) in [4.78, 5) is 13.6. The van der Waals surface area contributed by atoms with Crippen molar-refractivity contribution < 1.29 is 4.79 Å². The van der Waals surface area contributed by atoms with Gasteiger partial charge in [0.05, 0.1) is 0 Å². The molecule has 1 amide bonds. The maximum absolute atomic E-state index is 11.6. The standard InChI is InChI=1S/C10H20N2O/c1-7(2)10(13)12-5-4-9(11)8(3)6-12/h7-9H,4-6,11H2,1-3H3. The van der Waals surface area contributed by atoms with Crippen molar-refractivity contribution in [3.05, 3.63) is 0 Å². The van der Waals surface area contributed by atoms with E-state index in [-0.39, 0.29) is 17.9 Å². The van der Waals surface area contributed by atoms with Crippen LogP contribution in [0.15, 0.2) is 0 Å². The van der Waals surface area contributed by atoms with Gasteiger partial charge in [0.2, 0.25) is 5.91 Å². The van der Waals surface area contributed by atoms with Crippen LogP contribution in [0, 0.1) is 11.8 Å². The lowest BCUT2D eigenvalue weighted by Crippen LogP contribution is -2.49. The van der Waals surface area contributed by atoms with Gasteiger partial charge in [0.1, 0.15) is 0 Å². The summed E-state index contributed by atoms with van der Waals surface area (Å²) >= 11 is 0. The van der Waals surface area contributed by atoms with Gasteiger partial charge in [0.25, 0.3) is 0 Å². The highest BCUT2D eigenvalue weighted by molar-refractivity contribution is 5.78. The lowest BCUT2D eigenvalue weighted by atomic mass is 9.94. The van der Waals surface area contributed by atoms with E-state index in [1.165, 1.54) is 0 Å². The second-order valence-corrected chi connectivity index (χ2v) is 4.37. The van der Waals surface area contributed by atoms with Crippen molar-refractivity contribution in [2.24, 2.45) is 17.6 Å². The molecule has 2 N–H and O–H groups in total. The van der Waals surface area contributed by atoms with E-state index in [9.17, 15) is 4.79 Å². The Kier molecular flexibility index (Phi) is 3.31. The van der Waals surface area contributed by atoms with E-state index in [1.54, 1.807) is 0 Å². The fourth-order valence-electron chi connectivity index (χ4n) is 1.73. The van der Waals surface area contributed by atoms with Crippen LogP contribution in [-0.2, 0) is 4.79 Å². The van der Waals surface area contributed by atoms with E-state index >= 15 is 0 Å². The highest BCUT2D eigenvalue weighted by Crippen LogP contribution is 2.16. The van der Waals surface area contributed by atoms with E-state index in [4.69, 9.17) is 5.73 Å². The second kappa shape index (κ2) is 4.09. The van der Waals surface area contributed by atoms with Gasteiger partial charge in [-0.3, -0.25) is 4.79 Å². The third-order valence-corrected chi connectivity index (χ3v) is 2.78. The zero-order valence-electron chi connectivity index (χ0n) is 8.79. The molecule has 1 rings (SSSR count). The first-order valence-electron chi connectivity index (χ1n) is 5.06. The van der Waals surface area contributed by atoms with E-state index in [0.717, 1.165) is 19.5 Å². The second-order valence-electron chi connectivity index (χ2n) is 4.37. The van der Waals surface area contributed by atoms with Crippen LogP contribution < -0.4 is 5.73 Å². The minimum atomic E-state index is 0.113. The number of hydrogen-bond donors (Lipinski definition) is 1. The van der Waals surface area contributed by atoms with Gasteiger partial charge >= 0.3 is 0 Å². The van der Waals surface area contributed by atoms with Crippen molar-refractivity contribution in [3.63, 3.8) is 0 Å². The summed E-state index contributed by atoms with van der Waals surface area (Å²) in [5, 5.41) is 0. The van der Waals surface area contributed by atoms with Crippen molar-refractivity contribution in [3.8, 4) is 0 Å². The molecule has 0 aromatic heterocycles. The first kappa shape index (κ1) is 10.5. The summed E-state index contributed by atoms with van der Waals surface area (Å²) < 4.78 is 0. The van der Waals surface area contributed by atoms with E-state index < -0.39 is 0 Å². The van der Waals surface area contributed by atoms with Crippen molar-refractivity contribution in [1.29, 1.82) is 0 Å². The average molecular weight is 184 g/mol. The first-order chi connectivity index (χ1) is 6.02. The molecule has 0 aromatic rings. The van der Waals surface area contributed by atoms with Crippen molar-refractivity contribution in [2.45, 2.75) is 33.2 Å². The Bertz CT molecular complexity index is 191. The number of nitrogens with zero attached hydrogens (tertiary/aromatic N) is 1. The Balaban J connectivity index is 2.50. The van der Waals surface area contributed by atoms with Crippen LogP contribution in [-0.4, -0.2) is 29.9 Å². The summed E-state index contributed by atoms with van der Waals surface area (Å²) in [6.45, 7) is 7.67. The monoisotopic (exact) mass is 184 g/mol. The van der Waals surface area contributed by atoms with Crippen LogP contribution in [0.25, 0.3) is 0 Å². The highest BCUT2D eigenvalue weighted by Gasteiger charge is 2.27. The van der Waals surface area contributed by atoms with Gasteiger partial charge in [0.15, 0.2) is 0 Å². The summed E-state index contributed by atoms with van der Waals surface area (Å²) in [6.07, 6.45) is 0.944. The molecule has 0 saturated carbocycles. The zero-order chi connectivity index (χ0) is 10.0. The molecule has 1 heterocycles. The summed E-state index contributed by atoms with van der Waals surface area (Å²) in [5.74, 6) is 0.816. The number of nitrogens with two attached hydrogens (primary N) is 1. The molecule has 0 radical (unpaired) electrons. The van der Waals surface area contributed by atoms with Crippen LogP contribution in [0.2, 0.25) is 0 Å². The number of amides is 1. The Morgan fingerprint density at radius 2 is 2.15 bits per heavy atom. The minimum Gasteiger partial charge on any atom is -0.342 e. The summed E-state index contributed by atoms with van der Waals surface area (Å²) in [7, 11) is 0. The molecule has 0 bridgehead atoms. The fourth-order valence-corrected chi connectivity index (χ4v) is 1.73. The SMILES string of the molecule is CC(C)C(=O)N1CCC(N)C(C)C1. The molecule has 0 aliphatic carbocycles. The maximum atomic E-state index is 11.6. The van der Waals surface area contributed by atoms with Gasteiger partial charge in [-0.25, -0.2) is 0 Å². The molecular formula is C10H20N2O. The normalized spacial score (nSPS) is 29.5. The Labute approximate surface area is 80.3 Å². The molecule has 3 nitrogen and oxygen atoms in total. The predicted molar refractivity (Wildman–Crippen MR) is 53.2 cm³/mol. The molecule has 0 spiro atoms. The molecule has 76 valence electrons. The third kappa shape index (κ3) is 2.44. The summed E-state index contributed by atoms with van der Waals surface area (Å²) in [5.41, 5.74) is 5.88. The summed E-state index contributed by atoms with van der Waals surface area (Å²) in [6, 6.07) is 0.274. The number of carbonyl (C=O) groups excluding carboxylic acids is 1. The third-order valence-electron chi connectivity index (χ3n) is 2.78. The lowest BCUT2D eigenvalue weighted by Gasteiger charge is -2.36. The van der Waals surface area contributed by atoms with Crippen LogP contribution in [0.3, 0.4) is 0 Å². The first-order valence-corrected chi connectivity index (χ1v) is 5.06. The molecule has 3 heteroatoms. The van der Waals surface area contributed by atoms with Gasteiger partial charge in [-0.1, -0.05) is 20.8 Å². The Hall–Kier alpha value is -0.570. The molecule has 1 saturated heterocycles. The van der Waals surface area contributed by atoms with Crippen LogP contribution in [0.5, 0.6) is 0 Å². The topological polar surface area (TPSA) is 46.3 Å². The smallest absolute Gasteiger partial charge is 0.225 e. The van der Waals surface area contributed by atoms with Gasteiger partial charge in [-0.15, -0.1) is 0 Å². The largest absolute Gasteiger partial charge is 0.342 e. The van der Waals surface area contributed by atoms with E-state index in [0.29, 0.717) is 5.92 Å². The van der Waals surface area contributed by atoms with E-state index in [2.05, 4.69) is 6.92 Å². The molecular weight excluding hydrogens is 164 g/mol. The number of likely N-dealkylation sites (tertiary alicyclic amines) is 1. The van der Waals surface area contributed by atoms with Crippen molar-refractivity contribution in [1.82, 2.24) is 4.90 Å². The predicted octanol–water partition coefficient (Wildman–Crippen LogP) is 0.838.